The van der Waals surface area contributed by atoms with Crippen LogP contribution in [0.3, 0.4) is 0 Å². The van der Waals surface area contributed by atoms with Gasteiger partial charge in [0, 0.05) is 0 Å². The number of allylic oxidation sites excluding steroid dienone is 2. The van der Waals surface area contributed by atoms with Gasteiger partial charge in [0.25, 0.3) is 0 Å². The van der Waals surface area contributed by atoms with Crippen LogP contribution in [0.1, 0.15) is 12.0 Å². The highest BCUT2D eigenvalue weighted by Crippen LogP contribution is 2.65. The van der Waals surface area contributed by atoms with Crippen molar-refractivity contribution in [1.29, 1.82) is 0 Å². The molecule has 6 atom stereocenters. The van der Waals surface area contributed by atoms with Gasteiger partial charge in [-0.2, -0.15) is 0 Å². The molecule has 1 heterocycles. The molecule has 0 aromatic heterocycles. The summed E-state index contributed by atoms with van der Waals surface area (Å²) in [4.78, 5) is 27.7. The molecule has 2 aromatic rings. The molecule has 140 valence electrons. The first-order valence-electron chi connectivity index (χ1n) is 10.0. The van der Waals surface area contributed by atoms with Gasteiger partial charge in [-0.25, -0.2) is 0 Å². The van der Waals surface area contributed by atoms with Gasteiger partial charge in [-0.05, 0) is 79.0 Å². The molecule has 0 N–H and O–H groups in total. The van der Waals surface area contributed by atoms with Crippen molar-refractivity contribution in [3.05, 3.63) is 66.2 Å². The lowest BCUT2D eigenvalue weighted by Crippen LogP contribution is -2.40. The van der Waals surface area contributed by atoms with Crippen LogP contribution in [-0.2, 0) is 9.59 Å². The Morgan fingerprint density at radius 1 is 0.857 bits per heavy atom. The Morgan fingerprint density at radius 2 is 1.50 bits per heavy atom. The molecule has 0 spiro atoms. The number of hydrogen-bond donors (Lipinski definition) is 0. The van der Waals surface area contributed by atoms with Crippen LogP contribution in [0.15, 0.2) is 60.7 Å². The first kappa shape index (κ1) is 16.1. The standard InChI is InChI=1S/C24H21NO3/c1-13-3-2-4-16(11-13)28-15-7-5-14(6-8-15)25-23(26)21-17-9-10-18(20-12-19(17)20)22(21)24(25)27/h2-11,17-22H,12H2,1H3/t17-,18-,19-,20+,21-,22-/m1/s1. The molecule has 3 fully saturated rings. The number of rotatable bonds is 3. The molecule has 4 aliphatic carbocycles. The van der Waals surface area contributed by atoms with E-state index in [1.807, 2.05) is 55.5 Å². The first-order chi connectivity index (χ1) is 13.6. The fourth-order valence-corrected chi connectivity index (χ4v) is 5.69. The summed E-state index contributed by atoms with van der Waals surface area (Å²) in [7, 11) is 0. The van der Waals surface area contributed by atoms with E-state index in [0.717, 1.165) is 11.3 Å². The van der Waals surface area contributed by atoms with E-state index in [1.54, 1.807) is 0 Å². The van der Waals surface area contributed by atoms with Crippen molar-refractivity contribution in [3.8, 4) is 11.5 Å². The molecule has 1 saturated heterocycles. The lowest BCUT2D eigenvalue weighted by Gasteiger charge is -2.37. The van der Waals surface area contributed by atoms with Crippen LogP contribution >= 0.6 is 0 Å². The number of nitrogens with zero attached hydrogens (tertiary/aromatic N) is 1. The van der Waals surface area contributed by atoms with Gasteiger partial charge in [0.2, 0.25) is 11.8 Å². The predicted octanol–water partition coefficient (Wildman–Crippen LogP) is 4.34. The molecule has 5 aliphatic rings. The van der Waals surface area contributed by atoms with Crippen molar-refractivity contribution >= 4 is 17.5 Å². The molecule has 7 rings (SSSR count). The van der Waals surface area contributed by atoms with E-state index in [4.69, 9.17) is 4.74 Å². The number of amides is 2. The summed E-state index contributed by atoms with van der Waals surface area (Å²) in [5, 5.41) is 0. The number of carbonyl (C=O) groups is 2. The number of hydrogen-bond acceptors (Lipinski definition) is 3. The molecule has 2 aromatic carbocycles. The van der Waals surface area contributed by atoms with E-state index in [2.05, 4.69) is 12.2 Å². The van der Waals surface area contributed by atoms with E-state index in [0.29, 0.717) is 23.3 Å². The summed E-state index contributed by atoms with van der Waals surface area (Å²) in [5.41, 5.74) is 1.78. The van der Waals surface area contributed by atoms with Crippen LogP contribution in [0.4, 0.5) is 5.69 Å². The van der Waals surface area contributed by atoms with Gasteiger partial charge in [-0.3, -0.25) is 14.5 Å². The Morgan fingerprint density at radius 3 is 2.11 bits per heavy atom. The van der Waals surface area contributed by atoms with Crippen molar-refractivity contribution in [2.45, 2.75) is 13.3 Å². The van der Waals surface area contributed by atoms with Crippen molar-refractivity contribution in [1.82, 2.24) is 0 Å². The molecule has 0 radical (unpaired) electrons. The van der Waals surface area contributed by atoms with E-state index >= 15 is 0 Å². The topological polar surface area (TPSA) is 46.6 Å². The zero-order valence-electron chi connectivity index (χ0n) is 15.6. The minimum atomic E-state index is -0.158. The predicted molar refractivity (Wildman–Crippen MR) is 105 cm³/mol. The average molecular weight is 371 g/mol. The summed E-state index contributed by atoms with van der Waals surface area (Å²) >= 11 is 0. The summed E-state index contributed by atoms with van der Waals surface area (Å²) in [6, 6.07) is 15.1. The van der Waals surface area contributed by atoms with E-state index in [-0.39, 0.29) is 35.5 Å². The van der Waals surface area contributed by atoms with Crippen LogP contribution in [0.25, 0.3) is 0 Å². The van der Waals surface area contributed by atoms with Gasteiger partial charge in [-0.15, -0.1) is 0 Å². The van der Waals surface area contributed by atoms with Gasteiger partial charge in [0.1, 0.15) is 11.5 Å². The molecule has 2 bridgehead atoms. The third kappa shape index (κ3) is 2.17. The first-order valence-corrected chi connectivity index (χ1v) is 10.0. The number of carbonyl (C=O) groups excluding carboxylic acids is 2. The second kappa shape index (κ2) is 5.57. The maximum Gasteiger partial charge on any atom is 0.238 e. The molecule has 28 heavy (non-hydrogen) atoms. The van der Waals surface area contributed by atoms with Gasteiger partial charge in [-0.1, -0.05) is 24.3 Å². The zero-order valence-corrected chi connectivity index (χ0v) is 15.6. The summed E-state index contributed by atoms with van der Waals surface area (Å²) in [6.45, 7) is 2.02. The van der Waals surface area contributed by atoms with Crippen molar-refractivity contribution in [3.63, 3.8) is 0 Å². The minimum absolute atomic E-state index is 0.0212. The zero-order chi connectivity index (χ0) is 19.0. The van der Waals surface area contributed by atoms with Gasteiger partial charge in [0.05, 0.1) is 17.5 Å². The highest BCUT2D eigenvalue weighted by atomic mass is 16.5. The minimum Gasteiger partial charge on any atom is -0.457 e. The normalized spacial score (nSPS) is 34.4. The smallest absolute Gasteiger partial charge is 0.238 e. The Balaban J connectivity index is 1.27. The van der Waals surface area contributed by atoms with Gasteiger partial charge in [0.15, 0.2) is 0 Å². The summed E-state index contributed by atoms with van der Waals surface area (Å²) in [6.07, 6.45) is 5.59. The molecule has 4 nitrogen and oxygen atoms in total. The third-order valence-corrected chi connectivity index (χ3v) is 6.98. The third-order valence-electron chi connectivity index (χ3n) is 6.98. The molecule has 0 unspecified atom stereocenters. The number of anilines is 1. The largest absolute Gasteiger partial charge is 0.457 e. The molecular formula is C24H21NO3. The Hall–Kier alpha value is -2.88. The SMILES string of the molecule is Cc1cccc(Oc2ccc(N3C(=O)[C@@H]4[C@@H]5C=C[C@H]([C@@H]6C[C@H]56)[C@H]4C3=O)cc2)c1. The second-order valence-electron chi connectivity index (χ2n) is 8.58. The van der Waals surface area contributed by atoms with E-state index < -0.39 is 0 Å². The maximum absolute atomic E-state index is 13.2. The summed E-state index contributed by atoms with van der Waals surface area (Å²) < 4.78 is 5.89. The lowest BCUT2D eigenvalue weighted by molar-refractivity contribution is -0.124. The monoisotopic (exact) mass is 371 g/mol. The Labute approximate surface area is 163 Å². The van der Waals surface area contributed by atoms with Crippen LogP contribution < -0.4 is 9.64 Å². The van der Waals surface area contributed by atoms with E-state index in [9.17, 15) is 9.59 Å². The molecule has 2 saturated carbocycles. The molecule has 4 heteroatoms. The van der Waals surface area contributed by atoms with Crippen molar-refractivity contribution < 1.29 is 14.3 Å². The van der Waals surface area contributed by atoms with Gasteiger partial charge >= 0.3 is 0 Å². The highest BCUT2D eigenvalue weighted by molar-refractivity contribution is 6.22. The number of imide groups is 1. The van der Waals surface area contributed by atoms with Crippen LogP contribution in [0.2, 0.25) is 0 Å². The van der Waals surface area contributed by atoms with E-state index in [1.165, 1.54) is 11.3 Å². The Kier molecular flexibility index (Phi) is 3.20. The average Bonchev–Trinajstić information content (AvgIpc) is 3.47. The number of ether oxygens (including phenoxy) is 1. The second-order valence-corrected chi connectivity index (χ2v) is 8.58. The number of aryl methyl sites for hydroxylation is 1. The van der Waals surface area contributed by atoms with Crippen LogP contribution in [-0.4, -0.2) is 11.8 Å². The van der Waals surface area contributed by atoms with Gasteiger partial charge < -0.3 is 4.74 Å². The molecule has 1 aliphatic heterocycles. The quantitative estimate of drug-likeness (QED) is 0.595. The van der Waals surface area contributed by atoms with Crippen LogP contribution in [0.5, 0.6) is 11.5 Å². The fraction of sp³-hybridized carbons (Fsp3) is 0.333. The highest BCUT2D eigenvalue weighted by Gasteiger charge is 2.67. The molecular weight excluding hydrogens is 350 g/mol. The Bertz CT molecular complexity index is 988. The maximum atomic E-state index is 13.2. The lowest BCUT2D eigenvalue weighted by atomic mass is 9.63. The van der Waals surface area contributed by atoms with Crippen molar-refractivity contribution in [2.24, 2.45) is 35.5 Å². The fourth-order valence-electron chi connectivity index (χ4n) is 5.69. The van der Waals surface area contributed by atoms with Crippen molar-refractivity contribution in [2.75, 3.05) is 4.90 Å². The molecule has 2 amide bonds. The summed E-state index contributed by atoms with van der Waals surface area (Å²) in [5.74, 6) is 2.86. The van der Waals surface area contributed by atoms with Crippen LogP contribution in [0, 0.1) is 42.4 Å². The number of benzene rings is 2.